The van der Waals surface area contributed by atoms with Gasteiger partial charge in [0.15, 0.2) is 0 Å². The molecule has 2 atom stereocenters. The van der Waals surface area contributed by atoms with Gasteiger partial charge >= 0.3 is 0 Å². The van der Waals surface area contributed by atoms with Crippen molar-refractivity contribution in [3.05, 3.63) is 83.6 Å². The van der Waals surface area contributed by atoms with Crippen molar-refractivity contribution in [2.24, 2.45) is 0 Å². The van der Waals surface area contributed by atoms with Gasteiger partial charge in [0.25, 0.3) is 0 Å². The molecule has 3 aromatic rings. The lowest BCUT2D eigenvalue weighted by molar-refractivity contribution is -0.130. The van der Waals surface area contributed by atoms with Crippen LogP contribution in [0.25, 0.3) is 0 Å². The number of hydrogen-bond acceptors (Lipinski definition) is 7. The van der Waals surface area contributed by atoms with Gasteiger partial charge in [0.05, 0.1) is 12.5 Å². The number of aliphatic hydroxyl groups excluding tert-OH is 1. The summed E-state index contributed by atoms with van der Waals surface area (Å²) in [6, 6.07) is 18.2. The number of piperazine rings is 1. The van der Waals surface area contributed by atoms with E-state index in [-0.39, 0.29) is 30.0 Å². The number of benzene rings is 2. The lowest BCUT2D eigenvalue weighted by Gasteiger charge is -2.35. The molecule has 0 spiro atoms. The highest BCUT2D eigenvalue weighted by atomic mass is 16.3. The van der Waals surface area contributed by atoms with Gasteiger partial charge in [-0.15, -0.1) is 0 Å². The third-order valence-corrected chi connectivity index (χ3v) is 6.46. The first-order valence-corrected chi connectivity index (χ1v) is 12.3. The number of amides is 1. The molecule has 1 fully saturated rings. The Morgan fingerprint density at radius 2 is 1.69 bits per heavy atom. The summed E-state index contributed by atoms with van der Waals surface area (Å²) in [6.45, 7) is 5.25. The summed E-state index contributed by atoms with van der Waals surface area (Å²) in [5, 5.41) is 32.9. The predicted octanol–water partition coefficient (Wildman–Crippen LogP) is 2.64. The number of rotatable bonds is 9. The molecule has 1 aromatic heterocycles. The summed E-state index contributed by atoms with van der Waals surface area (Å²) in [6.07, 6.45) is 2.05. The summed E-state index contributed by atoms with van der Waals surface area (Å²) < 4.78 is 0. The molecule has 0 aliphatic carbocycles. The second-order valence-corrected chi connectivity index (χ2v) is 9.36. The van der Waals surface area contributed by atoms with E-state index in [9.17, 15) is 20.1 Å². The van der Waals surface area contributed by atoms with Crippen molar-refractivity contribution >= 4 is 11.7 Å². The molecule has 4 rings (SSSR count). The lowest BCUT2D eigenvalue weighted by atomic mass is 10.0. The van der Waals surface area contributed by atoms with Crippen LogP contribution in [0.15, 0.2) is 66.9 Å². The molecule has 1 unspecified atom stereocenters. The van der Waals surface area contributed by atoms with Gasteiger partial charge in [-0.1, -0.05) is 30.3 Å². The number of aromatic nitrogens is 1. The van der Waals surface area contributed by atoms with E-state index in [1.165, 1.54) is 18.2 Å². The van der Waals surface area contributed by atoms with E-state index in [1.54, 1.807) is 6.20 Å². The van der Waals surface area contributed by atoms with Crippen molar-refractivity contribution in [3.63, 3.8) is 0 Å². The van der Waals surface area contributed by atoms with Crippen LogP contribution >= 0.6 is 0 Å². The molecule has 2 aromatic carbocycles. The van der Waals surface area contributed by atoms with E-state index in [0.29, 0.717) is 25.1 Å². The molecule has 1 amide bonds. The zero-order valence-corrected chi connectivity index (χ0v) is 20.5. The van der Waals surface area contributed by atoms with Gasteiger partial charge < -0.3 is 30.4 Å². The van der Waals surface area contributed by atoms with Crippen molar-refractivity contribution in [1.29, 1.82) is 0 Å². The largest absolute Gasteiger partial charge is 0.508 e. The molecule has 0 radical (unpaired) electrons. The van der Waals surface area contributed by atoms with Gasteiger partial charge in [-0.3, -0.25) is 4.79 Å². The molecule has 0 bridgehead atoms. The molecule has 2 heterocycles. The minimum Gasteiger partial charge on any atom is -0.508 e. The summed E-state index contributed by atoms with van der Waals surface area (Å²) in [5.41, 5.74) is 2.56. The molecule has 190 valence electrons. The van der Waals surface area contributed by atoms with Crippen LogP contribution < -0.4 is 10.2 Å². The molecule has 1 saturated heterocycles. The van der Waals surface area contributed by atoms with E-state index in [0.717, 1.165) is 36.5 Å². The Morgan fingerprint density at radius 1 is 0.972 bits per heavy atom. The van der Waals surface area contributed by atoms with Crippen LogP contribution in [0.4, 0.5) is 5.82 Å². The maximum Gasteiger partial charge on any atom is 0.227 e. The SMILES string of the molecule is C[C@H](Cc1cccc(CC(=O)N2CCN(c3ccccn3)CC2)c1)NCC(O)c1cc(O)cc(O)c1. The number of phenols is 2. The number of phenolic OH excluding ortho intramolecular Hbond substituents is 2. The third-order valence-electron chi connectivity index (χ3n) is 6.46. The first-order valence-electron chi connectivity index (χ1n) is 12.3. The van der Waals surface area contributed by atoms with Crippen LogP contribution in [0.1, 0.15) is 29.7 Å². The average Bonchev–Trinajstić information content (AvgIpc) is 2.87. The number of pyridine rings is 1. The smallest absolute Gasteiger partial charge is 0.227 e. The quantitative estimate of drug-likeness (QED) is 0.365. The highest BCUT2D eigenvalue weighted by molar-refractivity contribution is 5.79. The highest BCUT2D eigenvalue weighted by Crippen LogP contribution is 2.24. The number of nitrogens with zero attached hydrogens (tertiary/aromatic N) is 3. The van der Waals surface area contributed by atoms with Crippen LogP contribution in [0, 0.1) is 0 Å². The fourth-order valence-corrected chi connectivity index (χ4v) is 4.55. The zero-order valence-electron chi connectivity index (χ0n) is 20.5. The number of nitrogens with one attached hydrogen (secondary N) is 1. The maximum absolute atomic E-state index is 12.9. The van der Waals surface area contributed by atoms with Gasteiger partial charge in [-0.05, 0) is 54.3 Å². The Morgan fingerprint density at radius 3 is 2.39 bits per heavy atom. The molecule has 36 heavy (non-hydrogen) atoms. The third kappa shape index (κ3) is 6.96. The van der Waals surface area contributed by atoms with Crippen molar-refractivity contribution in [1.82, 2.24) is 15.2 Å². The number of aliphatic hydroxyl groups is 1. The Bertz CT molecular complexity index is 1130. The van der Waals surface area contributed by atoms with E-state index in [2.05, 4.69) is 21.3 Å². The molecule has 8 nitrogen and oxygen atoms in total. The van der Waals surface area contributed by atoms with Crippen LogP contribution in [0.3, 0.4) is 0 Å². The number of carbonyl (C=O) groups is 1. The second kappa shape index (κ2) is 11.9. The van der Waals surface area contributed by atoms with Gasteiger partial charge in [0.2, 0.25) is 5.91 Å². The number of carbonyl (C=O) groups excluding carboxylic acids is 1. The van der Waals surface area contributed by atoms with E-state index < -0.39 is 6.10 Å². The molecule has 1 aliphatic heterocycles. The Labute approximate surface area is 211 Å². The number of aromatic hydroxyl groups is 2. The van der Waals surface area contributed by atoms with Crippen molar-refractivity contribution < 1.29 is 20.1 Å². The first kappa shape index (κ1) is 25.5. The number of hydrogen-bond donors (Lipinski definition) is 4. The molecular formula is C28H34N4O4. The standard InChI is InChI=1S/C28H34N4O4/c1-20(30-19-26(35)23-16-24(33)18-25(34)17-23)13-21-5-4-6-22(14-21)15-28(36)32-11-9-31(10-12-32)27-7-2-3-8-29-27/h2-8,14,16-18,20,26,30,33-35H,9-13,15,19H2,1H3/t20-,26?/m1/s1. The highest BCUT2D eigenvalue weighted by Gasteiger charge is 2.22. The average molecular weight is 491 g/mol. The minimum atomic E-state index is -0.854. The monoisotopic (exact) mass is 490 g/mol. The molecule has 1 aliphatic rings. The van der Waals surface area contributed by atoms with Gasteiger partial charge in [-0.25, -0.2) is 4.98 Å². The van der Waals surface area contributed by atoms with Crippen LogP contribution in [0.5, 0.6) is 11.5 Å². The fourth-order valence-electron chi connectivity index (χ4n) is 4.55. The topological polar surface area (TPSA) is 109 Å². The zero-order chi connectivity index (χ0) is 25.5. The van der Waals surface area contributed by atoms with E-state index in [1.807, 2.05) is 48.2 Å². The molecular weight excluding hydrogens is 456 g/mol. The first-order chi connectivity index (χ1) is 17.4. The summed E-state index contributed by atoms with van der Waals surface area (Å²) >= 11 is 0. The van der Waals surface area contributed by atoms with Crippen LogP contribution in [0.2, 0.25) is 0 Å². The fraction of sp³-hybridized carbons (Fsp3) is 0.357. The van der Waals surface area contributed by atoms with Gasteiger partial charge in [-0.2, -0.15) is 0 Å². The molecule has 4 N–H and O–H groups in total. The summed E-state index contributed by atoms with van der Waals surface area (Å²) in [5.74, 6) is 0.918. The second-order valence-electron chi connectivity index (χ2n) is 9.36. The normalized spacial score (nSPS) is 15.5. The summed E-state index contributed by atoms with van der Waals surface area (Å²) in [7, 11) is 0. The van der Waals surface area contributed by atoms with Crippen molar-refractivity contribution in [2.45, 2.75) is 31.9 Å². The van der Waals surface area contributed by atoms with Gasteiger partial charge in [0.1, 0.15) is 17.3 Å². The van der Waals surface area contributed by atoms with Crippen molar-refractivity contribution in [2.75, 3.05) is 37.6 Å². The van der Waals surface area contributed by atoms with Crippen molar-refractivity contribution in [3.8, 4) is 11.5 Å². The minimum absolute atomic E-state index is 0.0798. The Balaban J connectivity index is 1.25. The van der Waals surface area contributed by atoms with Crippen LogP contribution in [-0.2, 0) is 17.6 Å². The predicted molar refractivity (Wildman–Crippen MR) is 139 cm³/mol. The van der Waals surface area contributed by atoms with Gasteiger partial charge in [0, 0.05) is 51.0 Å². The summed E-state index contributed by atoms with van der Waals surface area (Å²) in [4.78, 5) is 21.5. The lowest BCUT2D eigenvalue weighted by Crippen LogP contribution is -2.49. The van der Waals surface area contributed by atoms with Crippen LogP contribution in [-0.4, -0.2) is 69.9 Å². The maximum atomic E-state index is 12.9. The Hall–Kier alpha value is -3.62. The molecule has 0 saturated carbocycles. The molecule has 8 heteroatoms. The van der Waals surface area contributed by atoms with E-state index >= 15 is 0 Å². The Kier molecular flexibility index (Phi) is 8.40. The van der Waals surface area contributed by atoms with E-state index in [4.69, 9.17) is 0 Å². The number of anilines is 1.